The van der Waals surface area contributed by atoms with Crippen molar-refractivity contribution in [3.8, 4) is 5.75 Å². The maximum atomic E-state index is 10.6. The van der Waals surface area contributed by atoms with Crippen LogP contribution in [0.3, 0.4) is 0 Å². The third-order valence-electron chi connectivity index (χ3n) is 2.69. The van der Waals surface area contributed by atoms with Gasteiger partial charge in [0.15, 0.2) is 0 Å². The zero-order chi connectivity index (χ0) is 12.3. The van der Waals surface area contributed by atoms with Gasteiger partial charge in [-0.25, -0.2) is 0 Å². The largest absolute Gasteiger partial charge is 0.497 e. The molecule has 2 rings (SSSR count). The molecule has 0 radical (unpaired) electrons. The highest BCUT2D eigenvalue weighted by atomic mass is 127. The molecule has 0 aliphatic carbocycles. The minimum atomic E-state index is 0.0447. The summed E-state index contributed by atoms with van der Waals surface area (Å²) in [5.74, 6) is 0.866. The van der Waals surface area contributed by atoms with Crippen LogP contribution in [0.1, 0.15) is 5.56 Å². The van der Waals surface area contributed by atoms with E-state index in [0.717, 1.165) is 23.8 Å². The van der Waals surface area contributed by atoms with E-state index in [2.05, 4.69) is 40.8 Å². The van der Waals surface area contributed by atoms with Crippen molar-refractivity contribution in [1.29, 1.82) is 0 Å². The van der Waals surface area contributed by atoms with Crippen LogP contribution in [0.15, 0.2) is 36.4 Å². The number of carbonyl (C=O) groups is 1. The Morgan fingerprint density at radius 3 is 2.65 bits per heavy atom. The number of benzene rings is 2. The molecule has 3 heteroatoms. The van der Waals surface area contributed by atoms with E-state index < -0.39 is 0 Å². The van der Waals surface area contributed by atoms with Crippen molar-refractivity contribution in [1.82, 2.24) is 0 Å². The molecule has 2 nitrogen and oxygen atoms in total. The van der Waals surface area contributed by atoms with Gasteiger partial charge in [0.2, 0.25) is 0 Å². The Labute approximate surface area is 114 Å². The number of ether oxygens (including phenoxy) is 1. The van der Waals surface area contributed by atoms with Crippen LogP contribution in [0.5, 0.6) is 5.75 Å². The SMILES string of the molecule is COc1ccc2cc(CC(I)C=O)ccc2c1. The Bertz CT molecular complexity index is 537. The van der Waals surface area contributed by atoms with Crippen LogP contribution in [-0.4, -0.2) is 17.3 Å². The molecule has 0 bridgehead atoms. The number of alkyl halides is 1. The van der Waals surface area contributed by atoms with E-state index in [1.807, 2.05) is 18.2 Å². The molecular weight excluding hydrogens is 327 g/mol. The van der Waals surface area contributed by atoms with E-state index in [-0.39, 0.29) is 3.92 Å². The van der Waals surface area contributed by atoms with Crippen LogP contribution in [0.4, 0.5) is 0 Å². The zero-order valence-corrected chi connectivity index (χ0v) is 11.7. The Kier molecular flexibility index (Phi) is 3.99. The Balaban J connectivity index is 2.34. The highest BCUT2D eigenvalue weighted by Gasteiger charge is 2.04. The van der Waals surface area contributed by atoms with Gasteiger partial charge < -0.3 is 9.53 Å². The molecule has 88 valence electrons. The van der Waals surface area contributed by atoms with E-state index >= 15 is 0 Å². The Hall–Kier alpha value is -1.10. The number of methoxy groups -OCH3 is 1. The predicted molar refractivity (Wildman–Crippen MR) is 78.1 cm³/mol. The highest BCUT2D eigenvalue weighted by molar-refractivity contribution is 14.1. The highest BCUT2D eigenvalue weighted by Crippen LogP contribution is 2.22. The summed E-state index contributed by atoms with van der Waals surface area (Å²) in [6.45, 7) is 0. The van der Waals surface area contributed by atoms with E-state index in [4.69, 9.17) is 4.74 Å². The fraction of sp³-hybridized carbons (Fsp3) is 0.214. The van der Waals surface area contributed by atoms with Crippen LogP contribution in [-0.2, 0) is 11.2 Å². The number of hydrogen-bond donors (Lipinski definition) is 0. The van der Waals surface area contributed by atoms with Crippen molar-refractivity contribution < 1.29 is 9.53 Å². The second-order valence-corrected chi connectivity index (χ2v) is 5.50. The molecule has 1 atom stereocenters. The molecule has 0 amide bonds. The molecule has 0 aliphatic rings. The van der Waals surface area contributed by atoms with Gasteiger partial charge in [-0.05, 0) is 34.9 Å². The average Bonchev–Trinajstić information content (AvgIpc) is 2.38. The van der Waals surface area contributed by atoms with Gasteiger partial charge in [-0.3, -0.25) is 0 Å². The van der Waals surface area contributed by atoms with E-state index in [0.29, 0.717) is 0 Å². The minimum Gasteiger partial charge on any atom is -0.497 e. The second kappa shape index (κ2) is 5.49. The zero-order valence-electron chi connectivity index (χ0n) is 9.52. The molecule has 0 heterocycles. The summed E-state index contributed by atoms with van der Waals surface area (Å²) in [5, 5.41) is 2.34. The first-order valence-corrected chi connectivity index (χ1v) is 6.63. The van der Waals surface area contributed by atoms with Crippen LogP contribution < -0.4 is 4.74 Å². The number of aldehydes is 1. The topological polar surface area (TPSA) is 26.3 Å². The van der Waals surface area contributed by atoms with Gasteiger partial charge in [0.25, 0.3) is 0 Å². The molecule has 0 spiro atoms. The summed E-state index contributed by atoms with van der Waals surface area (Å²) in [6.07, 6.45) is 1.77. The van der Waals surface area contributed by atoms with E-state index in [9.17, 15) is 4.79 Å². The molecule has 2 aromatic carbocycles. The predicted octanol–water partition coefficient (Wildman–Crippen LogP) is 3.39. The lowest BCUT2D eigenvalue weighted by Gasteiger charge is -2.06. The first kappa shape index (κ1) is 12.4. The first-order valence-electron chi connectivity index (χ1n) is 5.39. The van der Waals surface area contributed by atoms with Crippen molar-refractivity contribution >= 4 is 39.6 Å². The smallest absolute Gasteiger partial charge is 0.133 e. The molecule has 2 aromatic rings. The molecular formula is C14H13IO2. The lowest BCUT2D eigenvalue weighted by Crippen LogP contribution is -2.03. The van der Waals surface area contributed by atoms with Crippen molar-refractivity contribution in [2.75, 3.05) is 7.11 Å². The molecule has 17 heavy (non-hydrogen) atoms. The van der Waals surface area contributed by atoms with E-state index in [1.165, 1.54) is 10.9 Å². The molecule has 0 aliphatic heterocycles. The van der Waals surface area contributed by atoms with Gasteiger partial charge in [0.1, 0.15) is 12.0 Å². The van der Waals surface area contributed by atoms with Crippen LogP contribution in [0.2, 0.25) is 0 Å². The maximum absolute atomic E-state index is 10.6. The molecule has 0 aromatic heterocycles. The van der Waals surface area contributed by atoms with Gasteiger partial charge in [0, 0.05) is 0 Å². The van der Waals surface area contributed by atoms with Crippen LogP contribution in [0, 0.1) is 0 Å². The van der Waals surface area contributed by atoms with Gasteiger partial charge in [0.05, 0.1) is 11.0 Å². The summed E-state index contributed by atoms with van der Waals surface area (Å²) >= 11 is 2.16. The minimum absolute atomic E-state index is 0.0447. The molecule has 0 saturated heterocycles. The first-order chi connectivity index (χ1) is 8.22. The Morgan fingerprint density at radius 1 is 1.24 bits per heavy atom. The van der Waals surface area contributed by atoms with Gasteiger partial charge in [-0.1, -0.05) is 46.9 Å². The second-order valence-electron chi connectivity index (χ2n) is 3.90. The van der Waals surface area contributed by atoms with Gasteiger partial charge in [-0.2, -0.15) is 0 Å². The molecule has 0 N–H and O–H groups in total. The van der Waals surface area contributed by atoms with Crippen molar-refractivity contribution in [2.45, 2.75) is 10.3 Å². The van der Waals surface area contributed by atoms with Crippen molar-refractivity contribution in [3.63, 3.8) is 0 Å². The summed E-state index contributed by atoms with van der Waals surface area (Å²) < 4.78 is 5.23. The number of rotatable bonds is 4. The number of hydrogen-bond acceptors (Lipinski definition) is 2. The fourth-order valence-corrected chi connectivity index (χ4v) is 2.31. The maximum Gasteiger partial charge on any atom is 0.133 e. The van der Waals surface area contributed by atoms with Gasteiger partial charge in [-0.15, -0.1) is 0 Å². The standard InChI is InChI=1S/C14H13IO2/c1-17-14-5-4-11-6-10(7-13(15)9-16)2-3-12(11)8-14/h2-6,8-9,13H,7H2,1H3. The fourth-order valence-electron chi connectivity index (χ4n) is 1.80. The van der Waals surface area contributed by atoms with E-state index in [1.54, 1.807) is 7.11 Å². The number of carbonyl (C=O) groups excluding carboxylic acids is 1. The summed E-state index contributed by atoms with van der Waals surface area (Å²) in [4.78, 5) is 10.6. The van der Waals surface area contributed by atoms with Crippen LogP contribution >= 0.6 is 22.6 Å². The van der Waals surface area contributed by atoms with Crippen molar-refractivity contribution in [3.05, 3.63) is 42.0 Å². The van der Waals surface area contributed by atoms with Crippen molar-refractivity contribution in [2.24, 2.45) is 0 Å². The number of halogens is 1. The number of fused-ring (bicyclic) bond motifs is 1. The third-order valence-corrected chi connectivity index (χ3v) is 3.42. The lowest BCUT2D eigenvalue weighted by molar-refractivity contribution is -0.107. The normalized spacial score (nSPS) is 12.4. The summed E-state index contributed by atoms with van der Waals surface area (Å²) in [7, 11) is 1.67. The summed E-state index contributed by atoms with van der Waals surface area (Å²) in [5.41, 5.74) is 1.19. The van der Waals surface area contributed by atoms with Crippen LogP contribution in [0.25, 0.3) is 10.8 Å². The molecule has 1 unspecified atom stereocenters. The average molecular weight is 340 g/mol. The molecule has 0 saturated carbocycles. The summed E-state index contributed by atoms with van der Waals surface area (Å²) in [6, 6.07) is 12.3. The third kappa shape index (κ3) is 2.97. The lowest BCUT2D eigenvalue weighted by atomic mass is 10.0. The molecule has 0 fully saturated rings. The Morgan fingerprint density at radius 2 is 1.94 bits per heavy atom. The van der Waals surface area contributed by atoms with Gasteiger partial charge >= 0.3 is 0 Å². The monoisotopic (exact) mass is 340 g/mol. The quantitative estimate of drug-likeness (QED) is 0.485.